The number of hydrogen-bond donors (Lipinski definition) is 1. The lowest BCUT2D eigenvalue weighted by atomic mass is 10.1. The molecule has 0 saturated heterocycles. The summed E-state index contributed by atoms with van der Waals surface area (Å²) in [5.74, 6) is 0.0275. The molecule has 104 valence electrons. The summed E-state index contributed by atoms with van der Waals surface area (Å²) >= 11 is 0. The van der Waals surface area contributed by atoms with Crippen molar-refractivity contribution in [2.75, 3.05) is 0 Å². The zero-order chi connectivity index (χ0) is 14.8. The number of aromatic nitrogens is 1. The van der Waals surface area contributed by atoms with Gasteiger partial charge in [0.25, 0.3) is 0 Å². The average Bonchev–Trinajstić information content (AvgIpc) is 2.81. The number of H-pyrrole nitrogens is 1. The van der Waals surface area contributed by atoms with Gasteiger partial charge in [0, 0.05) is 27.7 Å². The second kappa shape index (κ2) is 5.41. The van der Waals surface area contributed by atoms with Crippen molar-refractivity contribution in [3.05, 3.63) is 77.0 Å². The minimum Gasteiger partial charge on any atom is -0.358 e. The van der Waals surface area contributed by atoms with Crippen molar-refractivity contribution in [2.45, 2.75) is 13.8 Å². The molecule has 0 unspecified atom stereocenters. The number of rotatable bonds is 3. The van der Waals surface area contributed by atoms with Crippen molar-refractivity contribution in [3.8, 4) is 0 Å². The van der Waals surface area contributed by atoms with Crippen molar-refractivity contribution in [3.63, 3.8) is 0 Å². The molecule has 21 heavy (non-hydrogen) atoms. The quantitative estimate of drug-likeness (QED) is 0.546. The molecule has 1 aromatic heterocycles. The van der Waals surface area contributed by atoms with E-state index in [1.165, 1.54) is 0 Å². The molecule has 2 aromatic carbocycles. The van der Waals surface area contributed by atoms with Gasteiger partial charge in [0.05, 0.1) is 0 Å². The molecule has 1 N–H and O–H groups in total. The second-order valence-corrected chi connectivity index (χ2v) is 5.27. The van der Waals surface area contributed by atoms with Crippen molar-refractivity contribution < 1.29 is 4.79 Å². The van der Waals surface area contributed by atoms with Gasteiger partial charge in [0.2, 0.25) is 0 Å². The molecule has 0 saturated carbocycles. The van der Waals surface area contributed by atoms with Gasteiger partial charge in [0.1, 0.15) is 0 Å². The Kier molecular flexibility index (Phi) is 3.44. The van der Waals surface area contributed by atoms with Crippen LogP contribution in [-0.4, -0.2) is 10.8 Å². The predicted octanol–water partition coefficient (Wildman–Crippen LogP) is 4.68. The zero-order valence-electron chi connectivity index (χ0n) is 12.2. The third kappa shape index (κ3) is 2.65. The average molecular weight is 275 g/mol. The molecule has 0 aliphatic carbocycles. The highest BCUT2D eigenvalue weighted by Crippen LogP contribution is 2.23. The van der Waals surface area contributed by atoms with Crippen LogP contribution in [0.15, 0.2) is 54.6 Å². The number of allylic oxidation sites excluding steroid dienone is 1. The SMILES string of the molecule is Cc1ccc(C(=O)/C=C/c2c(C)[nH]c3ccccc23)cc1. The van der Waals surface area contributed by atoms with E-state index in [1.807, 2.05) is 62.4 Å². The van der Waals surface area contributed by atoms with Gasteiger partial charge >= 0.3 is 0 Å². The summed E-state index contributed by atoms with van der Waals surface area (Å²) in [6, 6.07) is 15.8. The van der Waals surface area contributed by atoms with Crippen molar-refractivity contribution in [1.82, 2.24) is 4.98 Å². The number of para-hydroxylation sites is 1. The third-order valence-electron chi connectivity index (χ3n) is 3.68. The fraction of sp³-hybridized carbons (Fsp3) is 0.105. The minimum absolute atomic E-state index is 0.0275. The van der Waals surface area contributed by atoms with Crippen LogP contribution in [0.3, 0.4) is 0 Å². The summed E-state index contributed by atoms with van der Waals surface area (Å²) in [6.45, 7) is 4.04. The maximum absolute atomic E-state index is 12.2. The normalized spacial score (nSPS) is 11.3. The van der Waals surface area contributed by atoms with Gasteiger partial charge in [0.15, 0.2) is 5.78 Å². The van der Waals surface area contributed by atoms with Crippen LogP contribution >= 0.6 is 0 Å². The molecule has 3 rings (SSSR count). The Morgan fingerprint density at radius 2 is 1.71 bits per heavy atom. The molecule has 0 fully saturated rings. The lowest BCUT2D eigenvalue weighted by Gasteiger charge is -1.97. The summed E-state index contributed by atoms with van der Waals surface area (Å²) < 4.78 is 0. The van der Waals surface area contributed by atoms with E-state index in [1.54, 1.807) is 6.08 Å². The van der Waals surface area contributed by atoms with E-state index in [4.69, 9.17) is 0 Å². The monoisotopic (exact) mass is 275 g/mol. The van der Waals surface area contributed by atoms with Crippen molar-refractivity contribution >= 4 is 22.8 Å². The van der Waals surface area contributed by atoms with E-state index in [0.717, 1.165) is 27.7 Å². The first-order valence-corrected chi connectivity index (χ1v) is 7.01. The van der Waals surface area contributed by atoms with Gasteiger partial charge < -0.3 is 4.98 Å². The van der Waals surface area contributed by atoms with Gasteiger partial charge in [-0.05, 0) is 32.1 Å². The first-order valence-electron chi connectivity index (χ1n) is 7.01. The Balaban J connectivity index is 1.92. The zero-order valence-corrected chi connectivity index (χ0v) is 12.2. The number of hydrogen-bond acceptors (Lipinski definition) is 1. The highest BCUT2D eigenvalue weighted by atomic mass is 16.1. The fourth-order valence-electron chi connectivity index (χ4n) is 2.49. The van der Waals surface area contributed by atoms with E-state index in [2.05, 4.69) is 11.1 Å². The second-order valence-electron chi connectivity index (χ2n) is 5.27. The Morgan fingerprint density at radius 1 is 1.00 bits per heavy atom. The molecular formula is C19H17NO. The Hall–Kier alpha value is -2.61. The standard InChI is InChI=1S/C19H17NO/c1-13-7-9-15(10-8-13)19(21)12-11-16-14(2)20-18-6-4-3-5-17(16)18/h3-12,20H,1-2H3/b12-11+. The molecule has 0 aliphatic heterocycles. The van der Waals surface area contributed by atoms with Crippen LogP contribution in [-0.2, 0) is 0 Å². The van der Waals surface area contributed by atoms with Crippen LogP contribution < -0.4 is 0 Å². The van der Waals surface area contributed by atoms with E-state index < -0.39 is 0 Å². The van der Waals surface area contributed by atoms with Gasteiger partial charge in [-0.1, -0.05) is 48.0 Å². The van der Waals surface area contributed by atoms with Crippen LogP contribution in [0.5, 0.6) is 0 Å². The van der Waals surface area contributed by atoms with Crippen molar-refractivity contribution in [1.29, 1.82) is 0 Å². The molecule has 0 radical (unpaired) electrons. The van der Waals surface area contributed by atoms with E-state index in [0.29, 0.717) is 5.56 Å². The van der Waals surface area contributed by atoms with E-state index in [-0.39, 0.29) is 5.78 Å². The minimum atomic E-state index is 0.0275. The number of aryl methyl sites for hydroxylation is 2. The summed E-state index contributed by atoms with van der Waals surface area (Å²) in [5, 5.41) is 1.14. The number of ketones is 1. The number of fused-ring (bicyclic) bond motifs is 1. The maximum atomic E-state index is 12.2. The van der Waals surface area contributed by atoms with Gasteiger partial charge in [-0.2, -0.15) is 0 Å². The lowest BCUT2D eigenvalue weighted by Crippen LogP contribution is -1.93. The summed E-state index contributed by atoms with van der Waals surface area (Å²) in [7, 11) is 0. The maximum Gasteiger partial charge on any atom is 0.185 e. The molecule has 1 heterocycles. The van der Waals surface area contributed by atoms with E-state index in [9.17, 15) is 4.79 Å². The van der Waals surface area contributed by atoms with Crippen LogP contribution in [0.2, 0.25) is 0 Å². The number of aromatic amines is 1. The van der Waals surface area contributed by atoms with Crippen molar-refractivity contribution in [2.24, 2.45) is 0 Å². The van der Waals surface area contributed by atoms with Crippen LogP contribution in [0, 0.1) is 13.8 Å². The number of carbonyl (C=O) groups is 1. The Labute approximate surface area is 124 Å². The lowest BCUT2D eigenvalue weighted by molar-refractivity contribution is 0.104. The summed E-state index contributed by atoms with van der Waals surface area (Å²) in [6.07, 6.45) is 3.55. The molecule has 0 bridgehead atoms. The molecule has 0 amide bonds. The highest BCUT2D eigenvalue weighted by molar-refractivity contribution is 6.08. The molecule has 2 nitrogen and oxygen atoms in total. The predicted molar refractivity (Wildman–Crippen MR) is 87.6 cm³/mol. The first kappa shape index (κ1) is 13.4. The molecule has 0 aliphatic rings. The largest absolute Gasteiger partial charge is 0.358 e. The Bertz CT molecular complexity index is 822. The molecule has 0 spiro atoms. The smallest absolute Gasteiger partial charge is 0.185 e. The summed E-state index contributed by atoms with van der Waals surface area (Å²) in [5.41, 5.74) is 5.12. The number of benzene rings is 2. The fourth-order valence-corrected chi connectivity index (χ4v) is 2.49. The molecule has 3 aromatic rings. The van der Waals surface area contributed by atoms with Gasteiger partial charge in [-0.3, -0.25) is 4.79 Å². The first-order chi connectivity index (χ1) is 10.1. The highest BCUT2D eigenvalue weighted by Gasteiger charge is 2.06. The van der Waals surface area contributed by atoms with Gasteiger partial charge in [-0.15, -0.1) is 0 Å². The molecular weight excluding hydrogens is 258 g/mol. The Morgan fingerprint density at radius 3 is 2.48 bits per heavy atom. The number of nitrogens with one attached hydrogen (secondary N) is 1. The topological polar surface area (TPSA) is 32.9 Å². The van der Waals surface area contributed by atoms with Crippen LogP contribution in [0.1, 0.15) is 27.2 Å². The molecule has 0 atom stereocenters. The molecule has 2 heteroatoms. The number of carbonyl (C=O) groups excluding carboxylic acids is 1. The van der Waals surface area contributed by atoms with E-state index >= 15 is 0 Å². The van der Waals surface area contributed by atoms with Gasteiger partial charge in [-0.25, -0.2) is 0 Å². The summed E-state index contributed by atoms with van der Waals surface area (Å²) in [4.78, 5) is 15.5. The van der Waals surface area contributed by atoms with Crippen LogP contribution in [0.4, 0.5) is 0 Å². The van der Waals surface area contributed by atoms with Crippen LogP contribution in [0.25, 0.3) is 17.0 Å². The third-order valence-corrected chi connectivity index (χ3v) is 3.68.